The molecule has 2 aromatic rings. The van der Waals surface area contributed by atoms with Gasteiger partial charge in [-0.15, -0.1) is 5.10 Å². The highest BCUT2D eigenvalue weighted by Gasteiger charge is 2.07. The van der Waals surface area contributed by atoms with Crippen molar-refractivity contribution in [1.82, 2.24) is 20.4 Å². The molecule has 0 aliphatic carbocycles. The van der Waals surface area contributed by atoms with E-state index in [4.69, 9.17) is 4.84 Å². The van der Waals surface area contributed by atoms with E-state index in [1.807, 2.05) is 37.3 Å². The van der Waals surface area contributed by atoms with E-state index in [1.54, 1.807) is 0 Å². The summed E-state index contributed by atoms with van der Waals surface area (Å²) in [5.74, 6) is 0.618. The van der Waals surface area contributed by atoms with Crippen LogP contribution in [0, 0.1) is 0 Å². The van der Waals surface area contributed by atoms with Crippen molar-refractivity contribution in [3.8, 4) is 11.4 Å². The van der Waals surface area contributed by atoms with Crippen LogP contribution in [0.1, 0.15) is 6.92 Å². The minimum Gasteiger partial charge on any atom is -0.412 e. The Morgan fingerprint density at radius 3 is 2.67 bits per heavy atom. The van der Waals surface area contributed by atoms with Crippen molar-refractivity contribution in [2.45, 2.75) is 6.92 Å². The summed E-state index contributed by atoms with van der Waals surface area (Å²) in [6.45, 7) is 2.42. The summed E-state index contributed by atoms with van der Waals surface area (Å²) in [6.07, 6.45) is 0. The Hall–Kier alpha value is -1.95. The molecule has 0 aliphatic rings. The summed E-state index contributed by atoms with van der Waals surface area (Å²) in [5, 5.41) is 11.2. The number of benzene rings is 1. The fourth-order valence-corrected chi connectivity index (χ4v) is 1.14. The van der Waals surface area contributed by atoms with Gasteiger partial charge < -0.3 is 10.3 Å². The first-order chi connectivity index (χ1) is 6.92. The van der Waals surface area contributed by atoms with Crippen molar-refractivity contribution in [2.24, 2.45) is 0 Å². The molecule has 0 radical (unpaired) electrons. The van der Waals surface area contributed by atoms with Crippen molar-refractivity contribution in [3.63, 3.8) is 0 Å². The van der Waals surface area contributed by atoms with Crippen LogP contribution in [0.2, 0.25) is 0 Å². The van der Waals surface area contributed by atoms with E-state index in [1.165, 1.54) is 4.85 Å². The lowest BCUT2D eigenvalue weighted by atomic mass is 10.2. The molecule has 0 fully saturated rings. The minimum absolute atomic E-state index is 0. The van der Waals surface area contributed by atoms with E-state index in [-0.39, 0.29) is 5.48 Å². The van der Waals surface area contributed by atoms with Crippen LogP contribution in [0.5, 0.6) is 0 Å². The lowest BCUT2D eigenvalue weighted by Gasteiger charge is -2.02. The molecule has 0 amide bonds. The fourth-order valence-electron chi connectivity index (χ4n) is 1.14. The maximum absolute atomic E-state index is 5.21. The molecular formula is C9H12N4O2. The average Bonchev–Trinajstić information content (AvgIpc) is 2.68. The molecular weight excluding hydrogens is 196 g/mol. The van der Waals surface area contributed by atoms with E-state index in [0.29, 0.717) is 12.4 Å². The van der Waals surface area contributed by atoms with Gasteiger partial charge in [-0.25, -0.2) is 0 Å². The molecule has 80 valence electrons. The first-order valence-corrected chi connectivity index (χ1v) is 4.39. The van der Waals surface area contributed by atoms with Crippen molar-refractivity contribution in [2.75, 3.05) is 6.61 Å². The highest BCUT2D eigenvalue weighted by atomic mass is 16.7. The topological polar surface area (TPSA) is 84.3 Å². The van der Waals surface area contributed by atoms with Gasteiger partial charge in [0.2, 0.25) is 5.82 Å². The predicted octanol–water partition coefficient (Wildman–Crippen LogP) is -0.0361. The Morgan fingerprint density at radius 1 is 1.27 bits per heavy atom. The number of rotatable bonds is 3. The third-order valence-corrected chi connectivity index (χ3v) is 1.73. The molecule has 15 heavy (non-hydrogen) atoms. The van der Waals surface area contributed by atoms with Gasteiger partial charge in [-0.3, -0.25) is 0 Å². The van der Waals surface area contributed by atoms with E-state index in [2.05, 4.69) is 15.5 Å². The Kier molecular flexibility index (Phi) is 3.75. The molecule has 0 bridgehead atoms. The molecule has 0 aliphatic heterocycles. The van der Waals surface area contributed by atoms with Gasteiger partial charge in [-0.2, -0.15) is 0 Å². The molecule has 0 spiro atoms. The molecule has 6 heteroatoms. The van der Waals surface area contributed by atoms with Crippen molar-refractivity contribution in [1.29, 1.82) is 0 Å². The van der Waals surface area contributed by atoms with Crippen LogP contribution in [0.3, 0.4) is 0 Å². The number of aromatic nitrogens is 4. The van der Waals surface area contributed by atoms with Gasteiger partial charge in [0, 0.05) is 5.56 Å². The van der Waals surface area contributed by atoms with Crippen LogP contribution in [0.15, 0.2) is 30.3 Å². The lowest BCUT2D eigenvalue weighted by Crippen LogP contribution is -2.13. The normalized spacial score (nSPS) is 9.40. The molecule has 2 rings (SSSR count). The van der Waals surface area contributed by atoms with Crippen LogP contribution in [0.25, 0.3) is 11.4 Å². The molecule has 0 unspecified atom stereocenters. The van der Waals surface area contributed by atoms with Crippen LogP contribution in [-0.2, 0) is 0 Å². The highest BCUT2D eigenvalue weighted by molar-refractivity contribution is 5.53. The molecule has 0 atom stereocenters. The summed E-state index contributed by atoms with van der Waals surface area (Å²) in [7, 11) is 0. The number of hydrogen-bond donors (Lipinski definition) is 0. The van der Waals surface area contributed by atoms with Crippen LogP contribution >= 0.6 is 0 Å². The zero-order valence-electron chi connectivity index (χ0n) is 8.29. The highest BCUT2D eigenvalue weighted by Crippen LogP contribution is 2.13. The van der Waals surface area contributed by atoms with Crippen LogP contribution in [-0.4, -0.2) is 32.5 Å². The Labute approximate surface area is 86.8 Å². The predicted molar refractivity (Wildman–Crippen MR) is 54.0 cm³/mol. The standard InChI is InChI=1S/C9H10N4O.H2O/c1-2-14-13-9(10-11-12-13)8-6-4-3-5-7-8;/h3-7H,2H2,1H3;1H2. The Morgan fingerprint density at radius 2 is 2.00 bits per heavy atom. The van der Waals surface area contributed by atoms with Gasteiger partial charge in [0.25, 0.3) is 0 Å². The Balaban J connectivity index is 0.00000112. The van der Waals surface area contributed by atoms with Gasteiger partial charge in [0.05, 0.1) is 0 Å². The first kappa shape index (κ1) is 11.1. The Bertz CT molecular complexity index is 402. The monoisotopic (exact) mass is 208 g/mol. The quantitative estimate of drug-likeness (QED) is 0.708. The third kappa shape index (κ3) is 2.29. The zero-order valence-corrected chi connectivity index (χ0v) is 8.29. The van der Waals surface area contributed by atoms with Crippen LogP contribution in [0.4, 0.5) is 0 Å². The summed E-state index contributed by atoms with van der Waals surface area (Å²) >= 11 is 0. The molecule has 0 saturated heterocycles. The third-order valence-electron chi connectivity index (χ3n) is 1.73. The van der Waals surface area contributed by atoms with Gasteiger partial charge in [-0.05, 0) is 17.4 Å². The smallest absolute Gasteiger partial charge is 0.222 e. The summed E-state index contributed by atoms with van der Waals surface area (Å²) in [5.41, 5.74) is 0.936. The van der Waals surface area contributed by atoms with Crippen molar-refractivity contribution < 1.29 is 10.3 Å². The number of hydrogen-bond acceptors (Lipinski definition) is 4. The maximum Gasteiger partial charge on any atom is 0.222 e. The van der Waals surface area contributed by atoms with Crippen molar-refractivity contribution >= 4 is 0 Å². The second-order valence-electron chi connectivity index (χ2n) is 2.66. The molecule has 6 nitrogen and oxygen atoms in total. The van der Waals surface area contributed by atoms with Crippen molar-refractivity contribution in [3.05, 3.63) is 30.3 Å². The van der Waals surface area contributed by atoms with Gasteiger partial charge in [-0.1, -0.05) is 35.2 Å². The van der Waals surface area contributed by atoms with Gasteiger partial charge in [0.1, 0.15) is 6.61 Å². The number of nitrogens with zero attached hydrogens (tertiary/aromatic N) is 4. The number of tetrazole rings is 1. The minimum atomic E-state index is 0. The SMILES string of the molecule is CCOn1nnnc1-c1ccccc1.O. The zero-order chi connectivity index (χ0) is 9.80. The summed E-state index contributed by atoms with van der Waals surface area (Å²) < 4.78 is 0. The van der Waals surface area contributed by atoms with E-state index in [0.717, 1.165) is 5.56 Å². The molecule has 1 heterocycles. The van der Waals surface area contributed by atoms with E-state index >= 15 is 0 Å². The maximum atomic E-state index is 5.21. The second-order valence-corrected chi connectivity index (χ2v) is 2.66. The summed E-state index contributed by atoms with van der Waals surface area (Å²) in [6, 6.07) is 9.67. The van der Waals surface area contributed by atoms with E-state index < -0.39 is 0 Å². The van der Waals surface area contributed by atoms with Crippen LogP contribution < -0.4 is 4.84 Å². The lowest BCUT2D eigenvalue weighted by molar-refractivity contribution is 0.0920. The molecule has 1 aromatic carbocycles. The summed E-state index contributed by atoms with van der Waals surface area (Å²) in [4.78, 5) is 6.54. The molecule has 2 N–H and O–H groups in total. The molecule has 1 aromatic heterocycles. The van der Waals surface area contributed by atoms with Gasteiger partial charge in [0.15, 0.2) is 0 Å². The molecule has 0 saturated carbocycles. The largest absolute Gasteiger partial charge is 0.412 e. The first-order valence-electron chi connectivity index (χ1n) is 4.39. The van der Waals surface area contributed by atoms with Gasteiger partial charge >= 0.3 is 0 Å². The van der Waals surface area contributed by atoms with E-state index in [9.17, 15) is 0 Å². The fraction of sp³-hybridized carbons (Fsp3) is 0.222. The second kappa shape index (κ2) is 5.06. The average molecular weight is 208 g/mol.